The number of guanidine groups is 1. The number of nitrogens with two attached hydrogens (primary N) is 1. The zero-order chi connectivity index (χ0) is 18.4. The summed E-state index contributed by atoms with van der Waals surface area (Å²) < 4.78 is 39.4. The molecule has 1 saturated heterocycles. The van der Waals surface area contributed by atoms with E-state index in [-0.39, 0.29) is 36.5 Å². The number of benzene rings is 1. The Morgan fingerprint density at radius 3 is 2.77 bits per heavy atom. The third-order valence-electron chi connectivity index (χ3n) is 4.13. The zero-order valence-corrected chi connectivity index (χ0v) is 16.7. The number of carbonyl (C=O) groups is 1. The highest BCUT2D eigenvalue weighted by Gasteiger charge is 2.22. The molecule has 1 heterocycles. The SMILES string of the molecule is CCN1CCCC1CNC(N)=NCC(=O)Nc1ccc(F)c(F)c1F.I. The first-order chi connectivity index (χ1) is 11.9. The van der Waals surface area contributed by atoms with Crippen LogP contribution in [0.1, 0.15) is 19.8 Å². The predicted molar refractivity (Wildman–Crippen MR) is 105 cm³/mol. The number of likely N-dealkylation sites (N-methyl/N-ethyl adjacent to an activating group) is 1. The van der Waals surface area contributed by atoms with Crippen molar-refractivity contribution in [3.05, 3.63) is 29.6 Å². The van der Waals surface area contributed by atoms with E-state index < -0.39 is 29.0 Å². The van der Waals surface area contributed by atoms with Crippen LogP contribution in [0, 0.1) is 17.5 Å². The number of nitrogens with zero attached hydrogens (tertiary/aromatic N) is 2. The van der Waals surface area contributed by atoms with E-state index in [1.54, 1.807) is 0 Å². The third kappa shape index (κ3) is 6.01. The summed E-state index contributed by atoms with van der Waals surface area (Å²) >= 11 is 0. The lowest BCUT2D eigenvalue weighted by Crippen LogP contribution is -2.43. The van der Waals surface area contributed by atoms with Gasteiger partial charge >= 0.3 is 0 Å². The van der Waals surface area contributed by atoms with Gasteiger partial charge in [-0.15, -0.1) is 24.0 Å². The van der Waals surface area contributed by atoms with Crippen molar-refractivity contribution >= 4 is 41.5 Å². The molecule has 1 aromatic carbocycles. The fourth-order valence-corrected chi connectivity index (χ4v) is 2.79. The Balaban J connectivity index is 0.00000338. The van der Waals surface area contributed by atoms with Crippen LogP contribution in [0.15, 0.2) is 17.1 Å². The van der Waals surface area contributed by atoms with Crippen molar-refractivity contribution in [3.63, 3.8) is 0 Å². The van der Waals surface area contributed by atoms with Gasteiger partial charge in [0.05, 0.1) is 5.69 Å². The number of nitrogens with one attached hydrogen (secondary N) is 2. The summed E-state index contributed by atoms with van der Waals surface area (Å²) in [6.07, 6.45) is 2.21. The summed E-state index contributed by atoms with van der Waals surface area (Å²) in [5.74, 6) is -5.01. The van der Waals surface area contributed by atoms with Gasteiger partial charge < -0.3 is 16.4 Å². The molecule has 0 spiro atoms. The minimum Gasteiger partial charge on any atom is -0.370 e. The lowest BCUT2D eigenvalue weighted by atomic mass is 10.2. The third-order valence-corrected chi connectivity index (χ3v) is 4.13. The highest BCUT2D eigenvalue weighted by molar-refractivity contribution is 14.0. The van der Waals surface area contributed by atoms with E-state index in [4.69, 9.17) is 5.73 Å². The van der Waals surface area contributed by atoms with Crippen LogP contribution in [0.4, 0.5) is 18.9 Å². The molecule has 1 atom stereocenters. The molecule has 146 valence electrons. The maximum absolute atomic E-state index is 13.5. The van der Waals surface area contributed by atoms with Crippen molar-refractivity contribution in [2.75, 3.05) is 31.5 Å². The fraction of sp³-hybridized carbons (Fsp3) is 0.500. The van der Waals surface area contributed by atoms with Crippen LogP contribution in [0.25, 0.3) is 0 Å². The fourth-order valence-electron chi connectivity index (χ4n) is 2.79. The number of anilines is 1. The van der Waals surface area contributed by atoms with Gasteiger partial charge in [-0.1, -0.05) is 6.92 Å². The molecule has 0 aliphatic carbocycles. The van der Waals surface area contributed by atoms with Gasteiger partial charge in [-0.2, -0.15) is 0 Å². The second-order valence-electron chi connectivity index (χ2n) is 5.78. The Hall–Kier alpha value is -1.56. The highest BCUT2D eigenvalue weighted by atomic mass is 127. The Bertz CT molecular complexity index is 659. The van der Waals surface area contributed by atoms with Gasteiger partial charge in [-0.05, 0) is 38.1 Å². The molecule has 0 radical (unpaired) electrons. The maximum atomic E-state index is 13.5. The van der Waals surface area contributed by atoms with Crippen molar-refractivity contribution in [1.82, 2.24) is 10.2 Å². The van der Waals surface area contributed by atoms with Crippen LogP contribution in [-0.2, 0) is 4.79 Å². The van der Waals surface area contributed by atoms with Crippen molar-refractivity contribution in [1.29, 1.82) is 0 Å². The average Bonchev–Trinajstić information content (AvgIpc) is 3.06. The molecular formula is C16H23F3IN5O. The molecule has 2 rings (SSSR count). The summed E-state index contributed by atoms with van der Waals surface area (Å²) in [4.78, 5) is 17.9. The van der Waals surface area contributed by atoms with Gasteiger partial charge in [-0.25, -0.2) is 18.2 Å². The van der Waals surface area contributed by atoms with Crippen molar-refractivity contribution in [2.24, 2.45) is 10.7 Å². The molecule has 1 aliphatic rings. The predicted octanol–water partition coefficient (Wildman–Crippen LogP) is 2.05. The first kappa shape index (κ1) is 22.5. The Morgan fingerprint density at radius 2 is 2.08 bits per heavy atom. The standard InChI is InChI=1S/C16H22F3N5O.HI/c1-2-24-7-3-4-10(24)8-21-16(20)22-9-13(25)23-12-6-5-11(17)14(18)15(12)19;/h5-6,10H,2-4,7-9H2,1H3,(H,23,25)(H3,20,21,22);1H. The quantitative estimate of drug-likeness (QED) is 0.250. The van der Waals surface area contributed by atoms with Gasteiger partial charge in [0.15, 0.2) is 23.4 Å². The summed E-state index contributed by atoms with van der Waals surface area (Å²) in [6.45, 7) is 4.38. The lowest BCUT2D eigenvalue weighted by Gasteiger charge is -2.23. The molecule has 0 saturated carbocycles. The van der Waals surface area contributed by atoms with E-state index in [1.807, 2.05) is 0 Å². The molecule has 1 unspecified atom stereocenters. The van der Waals surface area contributed by atoms with Crippen LogP contribution in [0.2, 0.25) is 0 Å². The molecule has 26 heavy (non-hydrogen) atoms. The lowest BCUT2D eigenvalue weighted by molar-refractivity contribution is -0.114. The number of halogens is 4. The van der Waals surface area contributed by atoms with Crippen molar-refractivity contribution in [3.8, 4) is 0 Å². The summed E-state index contributed by atoms with van der Waals surface area (Å²) in [5.41, 5.74) is 5.26. The molecule has 4 N–H and O–H groups in total. The molecule has 10 heteroatoms. The molecular weight excluding hydrogens is 462 g/mol. The number of likely N-dealkylation sites (tertiary alicyclic amines) is 1. The van der Waals surface area contributed by atoms with Gasteiger partial charge in [0.25, 0.3) is 0 Å². The Labute approximate surface area is 167 Å². The number of amides is 1. The van der Waals surface area contributed by atoms with Gasteiger partial charge in [0, 0.05) is 12.6 Å². The number of hydrogen-bond acceptors (Lipinski definition) is 3. The topological polar surface area (TPSA) is 82.8 Å². The van der Waals surface area contributed by atoms with E-state index in [1.165, 1.54) is 0 Å². The second kappa shape index (κ2) is 10.6. The van der Waals surface area contributed by atoms with Gasteiger partial charge in [0.1, 0.15) is 6.54 Å². The monoisotopic (exact) mass is 485 g/mol. The molecule has 1 aromatic rings. The summed E-state index contributed by atoms with van der Waals surface area (Å²) in [6, 6.07) is 2.05. The zero-order valence-electron chi connectivity index (χ0n) is 14.4. The smallest absolute Gasteiger partial charge is 0.246 e. The van der Waals surface area contributed by atoms with Gasteiger partial charge in [0.2, 0.25) is 5.91 Å². The van der Waals surface area contributed by atoms with Crippen LogP contribution in [0.3, 0.4) is 0 Å². The van der Waals surface area contributed by atoms with Crippen LogP contribution in [-0.4, -0.2) is 49.0 Å². The van der Waals surface area contributed by atoms with Crippen molar-refractivity contribution < 1.29 is 18.0 Å². The second-order valence-corrected chi connectivity index (χ2v) is 5.78. The highest BCUT2D eigenvalue weighted by Crippen LogP contribution is 2.19. The molecule has 0 bridgehead atoms. The number of aliphatic imine (C=N–C) groups is 1. The number of rotatable bonds is 6. The maximum Gasteiger partial charge on any atom is 0.246 e. The Morgan fingerprint density at radius 1 is 1.35 bits per heavy atom. The van der Waals surface area contributed by atoms with E-state index >= 15 is 0 Å². The molecule has 1 aliphatic heterocycles. The normalized spacial score (nSPS) is 17.7. The van der Waals surface area contributed by atoms with Crippen LogP contribution >= 0.6 is 24.0 Å². The molecule has 6 nitrogen and oxygen atoms in total. The molecule has 0 aromatic heterocycles. The van der Waals surface area contributed by atoms with E-state index in [2.05, 4.69) is 27.4 Å². The molecule has 1 amide bonds. The molecule has 1 fully saturated rings. The first-order valence-electron chi connectivity index (χ1n) is 8.13. The number of carbonyl (C=O) groups excluding carboxylic acids is 1. The van der Waals surface area contributed by atoms with Crippen molar-refractivity contribution in [2.45, 2.75) is 25.8 Å². The minimum absolute atomic E-state index is 0. The van der Waals surface area contributed by atoms with Crippen LogP contribution in [0.5, 0.6) is 0 Å². The van der Waals surface area contributed by atoms with E-state index in [0.717, 1.165) is 38.1 Å². The van der Waals surface area contributed by atoms with E-state index in [9.17, 15) is 18.0 Å². The average molecular weight is 485 g/mol. The first-order valence-corrected chi connectivity index (χ1v) is 8.13. The van der Waals surface area contributed by atoms with Gasteiger partial charge in [-0.3, -0.25) is 9.69 Å². The summed E-state index contributed by atoms with van der Waals surface area (Å²) in [7, 11) is 0. The largest absolute Gasteiger partial charge is 0.370 e. The van der Waals surface area contributed by atoms with Crippen LogP contribution < -0.4 is 16.4 Å². The Kier molecular flexibility index (Phi) is 9.13. The van der Waals surface area contributed by atoms with E-state index in [0.29, 0.717) is 12.6 Å². The summed E-state index contributed by atoms with van der Waals surface area (Å²) in [5, 5.41) is 5.09. The number of hydrogen-bond donors (Lipinski definition) is 3. The minimum atomic E-state index is -1.64.